The maximum atomic E-state index is 12.3. The molecule has 1 aliphatic carbocycles. The SMILES string of the molecule is O=C(/C=C/c1nc2ccccc2s1)Nc1cccc(-c2nnnn2C2CC2)c1. The zero-order chi connectivity index (χ0) is 18.9. The summed E-state index contributed by atoms with van der Waals surface area (Å²) in [7, 11) is 0. The normalized spacial score (nSPS) is 14.0. The van der Waals surface area contributed by atoms with Crippen molar-refractivity contribution in [2.75, 3.05) is 5.32 Å². The lowest BCUT2D eigenvalue weighted by molar-refractivity contribution is -0.111. The van der Waals surface area contributed by atoms with Crippen LogP contribution >= 0.6 is 11.3 Å². The van der Waals surface area contributed by atoms with E-state index in [0.717, 1.165) is 39.5 Å². The quantitative estimate of drug-likeness (QED) is 0.524. The second-order valence-corrected chi connectivity index (χ2v) is 7.66. The Morgan fingerprint density at radius 3 is 2.93 bits per heavy atom. The number of tetrazole rings is 1. The Hall–Kier alpha value is -3.39. The highest BCUT2D eigenvalue weighted by Crippen LogP contribution is 2.36. The summed E-state index contributed by atoms with van der Waals surface area (Å²) in [4.78, 5) is 16.8. The van der Waals surface area contributed by atoms with Crippen LogP contribution in [0.25, 0.3) is 27.7 Å². The number of thiazole rings is 1. The first kappa shape index (κ1) is 16.8. The molecule has 0 atom stereocenters. The molecule has 1 aliphatic rings. The lowest BCUT2D eigenvalue weighted by Crippen LogP contribution is -2.08. The zero-order valence-electron chi connectivity index (χ0n) is 14.8. The van der Waals surface area contributed by atoms with E-state index in [9.17, 15) is 4.79 Å². The molecule has 0 saturated heterocycles. The van der Waals surface area contributed by atoms with Crippen LogP contribution in [0.1, 0.15) is 23.9 Å². The van der Waals surface area contributed by atoms with Crippen LogP contribution in [0.3, 0.4) is 0 Å². The van der Waals surface area contributed by atoms with Crippen molar-refractivity contribution in [1.29, 1.82) is 0 Å². The largest absolute Gasteiger partial charge is 0.322 e. The number of para-hydroxylation sites is 1. The van der Waals surface area contributed by atoms with Gasteiger partial charge in [-0.2, -0.15) is 0 Å². The molecule has 5 rings (SSSR count). The monoisotopic (exact) mass is 388 g/mol. The molecule has 1 N–H and O–H groups in total. The highest BCUT2D eigenvalue weighted by atomic mass is 32.1. The van der Waals surface area contributed by atoms with Gasteiger partial charge in [0, 0.05) is 17.3 Å². The molecule has 0 unspecified atom stereocenters. The number of nitrogens with one attached hydrogen (secondary N) is 1. The molecule has 0 spiro atoms. The number of carbonyl (C=O) groups is 1. The number of benzene rings is 2. The van der Waals surface area contributed by atoms with Gasteiger partial charge in [0.05, 0.1) is 16.3 Å². The number of nitrogens with zero attached hydrogens (tertiary/aromatic N) is 5. The number of carbonyl (C=O) groups excluding carboxylic acids is 1. The second-order valence-electron chi connectivity index (χ2n) is 6.60. The van der Waals surface area contributed by atoms with Gasteiger partial charge in [0.15, 0.2) is 5.82 Å². The number of anilines is 1. The predicted molar refractivity (Wildman–Crippen MR) is 109 cm³/mol. The maximum Gasteiger partial charge on any atom is 0.248 e. The minimum absolute atomic E-state index is 0.210. The predicted octanol–water partition coefficient (Wildman–Crippen LogP) is 3.94. The van der Waals surface area contributed by atoms with Crippen LogP contribution in [0.5, 0.6) is 0 Å². The third-order valence-electron chi connectivity index (χ3n) is 4.46. The molecule has 7 nitrogen and oxygen atoms in total. The second kappa shape index (κ2) is 6.97. The van der Waals surface area contributed by atoms with Crippen LogP contribution in [0.2, 0.25) is 0 Å². The number of fused-ring (bicyclic) bond motifs is 1. The molecule has 0 aliphatic heterocycles. The molecule has 0 radical (unpaired) electrons. The number of hydrogen-bond donors (Lipinski definition) is 1. The van der Waals surface area contributed by atoms with Gasteiger partial charge < -0.3 is 5.32 Å². The highest BCUT2D eigenvalue weighted by molar-refractivity contribution is 7.19. The Labute approximate surface area is 164 Å². The van der Waals surface area contributed by atoms with Gasteiger partial charge in [-0.25, -0.2) is 9.67 Å². The third-order valence-corrected chi connectivity index (χ3v) is 5.46. The summed E-state index contributed by atoms with van der Waals surface area (Å²) >= 11 is 1.55. The molecule has 28 heavy (non-hydrogen) atoms. The van der Waals surface area contributed by atoms with Gasteiger partial charge in [0.25, 0.3) is 0 Å². The number of hydrogen-bond acceptors (Lipinski definition) is 6. The summed E-state index contributed by atoms with van der Waals surface area (Å²) in [5.74, 6) is 0.516. The summed E-state index contributed by atoms with van der Waals surface area (Å²) in [6.45, 7) is 0. The van der Waals surface area contributed by atoms with E-state index in [-0.39, 0.29) is 5.91 Å². The van der Waals surface area contributed by atoms with Crippen LogP contribution in [0.15, 0.2) is 54.6 Å². The third kappa shape index (κ3) is 3.41. The molecular formula is C20H16N6OS. The fourth-order valence-electron chi connectivity index (χ4n) is 2.98. The Bertz CT molecular complexity index is 1160. The molecule has 0 bridgehead atoms. The Kier molecular flexibility index (Phi) is 4.17. The van der Waals surface area contributed by atoms with E-state index < -0.39 is 0 Å². The first-order valence-corrected chi connectivity index (χ1v) is 9.81. The van der Waals surface area contributed by atoms with Crippen LogP contribution in [-0.4, -0.2) is 31.1 Å². The molecule has 2 heterocycles. The molecule has 138 valence electrons. The fourth-order valence-corrected chi connectivity index (χ4v) is 3.85. The van der Waals surface area contributed by atoms with Crippen molar-refractivity contribution in [2.24, 2.45) is 0 Å². The van der Waals surface area contributed by atoms with E-state index in [0.29, 0.717) is 11.7 Å². The van der Waals surface area contributed by atoms with E-state index in [1.807, 2.05) is 53.2 Å². The van der Waals surface area contributed by atoms with Gasteiger partial charge in [-0.15, -0.1) is 16.4 Å². The number of amides is 1. The summed E-state index contributed by atoms with van der Waals surface area (Å²) in [5, 5.41) is 15.7. The standard InChI is InChI=1S/C20H16N6OS/c27-18(10-11-19-22-16-6-1-2-7-17(16)28-19)21-14-5-3-4-13(12-14)20-23-24-25-26(20)15-8-9-15/h1-7,10-12,15H,8-9H2,(H,21,27)/b11-10+. The van der Waals surface area contributed by atoms with Crippen LogP contribution in [0, 0.1) is 0 Å². The molecule has 1 saturated carbocycles. The van der Waals surface area contributed by atoms with Gasteiger partial charge in [-0.05, 0) is 53.6 Å². The van der Waals surface area contributed by atoms with Crippen molar-refractivity contribution >= 4 is 39.2 Å². The van der Waals surface area contributed by atoms with E-state index in [1.54, 1.807) is 17.4 Å². The Balaban J connectivity index is 1.31. The number of aromatic nitrogens is 5. The molecule has 1 amide bonds. The average Bonchev–Trinajstić information content (AvgIpc) is 3.28. The van der Waals surface area contributed by atoms with Gasteiger partial charge >= 0.3 is 0 Å². The lowest BCUT2D eigenvalue weighted by atomic mass is 10.2. The smallest absolute Gasteiger partial charge is 0.248 e. The molecule has 4 aromatic rings. The topological polar surface area (TPSA) is 85.6 Å². The fraction of sp³-hybridized carbons (Fsp3) is 0.150. The average molecular weight is 388 g/mol. The maximum absolute atomic E-state index is 12.3. The van der Waals surface area contributed by atoms with Crippen LogP contribution in [-0.2, 0) is 4.79 Å². The van der Waals surface area contributed by atoms with Gasteiger partial charge in [-0.1, -0.05) is 24.3 Å². The van der Waals surface area contributed by atoms with Crippen LogP contribution in [0.4, 0.5) is 5.69 Å². The Morgan fingerprint density at radius 2 is 2.07 bits per heavy atom. The minimum atomic E-state index is -0.210. The Morgan fingerprint density at radius 1 is 1.18 bits per heavy atom. The summed E-state index contributed by atoms with van der Waals surface area (Å²) in [6, 6.07) is 15.9. The summed E-state index contributed by atoms with van der Waals surface area (Å²) < 4.78 is 2.96. The summed E-state index contributed by atoms with van der Waals surface area (Å²) in [5.41, 5.74) is 2.51. The van der Waals surface area contributed by atoms with Crippen molar-refractivity contribution < 1.29 is 4.79 Å². The minimum Gasteiger partial charge on any atom is -0.322 e. The van der Waals surface area contributed by atoms with Crippen molar-refractivity contribution in [1.82, 2.24) is 25.2 Å². The molecular weight excluding hydrogens is 372 g/mol. The highest BCUT2D eigenvalue weighted by Gasteiger charge is 2.28. The number of rotatable bonds is 5. The van der Waals surface area contributed by atoms with Gasteiger partial charge in [0.1, 0.15) is 5.01 Å². The summed E-state index contributed by atoms with van der Waals surface area (Å²) in [6.07, 6.45) is 5.44. The zero-order valence-corrected chi connectivity index (χ0v) is 15.6. The van der Waals surface area contributed by atoms with E-state index >= 15 is 0 Å². The van der Waals surface area contributed by atoms with Gasteiger partial charge in [0.2, 0.25) is 5.91 Å². The molecule has 8 heteroatoms. The van der Waals surface area contributed by atoms with E-state index in [2.05, 4.69) is 25.8 Å². The van der Waals surface area contributed by atoms with E-state index in [4.69, 9.17) is 0 Å². The molecule has 1 fully saturated rings. The first-order chi connectivity index (χ1) is 13.8. The van der Waals surface area contributed by atoms with Crippen LogP contribution < -0.4 is 5.32 Å². The first-order valence-electron chi connectivity index (χ1n) is 8.99. The van der Waals surface area contributed by atoms with Crippen molar-refractivity contribution in [3.8, 4) is 11.4 Å². The molecule has 2 aromatic heterocycles. The lowest BCUT2D eigenvalue weighted by Gasteiger charge is -2.06. The van der Waals surface area contributed by atoms with E-state index in [1.165, 1.54) is 6.08 Å². The van der Waals surface area contributed by atoms with Crippen molar-refractivity contribution in [2.45, 2.75) is 18.9 Å². The molecule has 2 aromatic carbocycles. The van der Waals surface area contributed by atoms with Gasteiger partial charge in [-0.3, -0.25) is 4.79 Å². The van der Waals surface area contributed by atoms with Crippen molar-refractivity contribution in [3.63, 3.8) is 0 Å². The van der Waals surface area contributed by atoms with Crippen molar-refractivity contribution in [3.05, 3.63) is 59.6 Å².